The first-order valence-corrected chi connectivity index (χ1v) is 7.14. The molecule has 3 nitrogen and oxygen atoms in total. The number of rotatable bonds is 4. The van der Waals surface area contributed by atoms with Crippen LogP contribution < -0.4 is 11.3 Å². The van der Waals surface area contributed by atoms with Crippen LogP contribution in [0.3, 0.4) is 0 Å². The van der Waals surface area contributed by atoms with Crippen LogP contribution in [0.2, 0.25) is 0 Å². The fourth-order valence-electron chi connectivity index (χ4n) is 2.17. The van der Waals surface area contributed by atoms with Crippen LogP contribution in [0, 0.1) is 0 Å². The first kappa shape index (κ1) is 12.3. The zero-order valence-corrected chi connectivity index (χ0v) is 11.2. The molecule has 0 fully saturated rings. The van der Waals surface area contributed by atoms with Crippen molar-refractivity contribution >= 4 is 22.2 Å². The highest BCUT2D eigenvalue weighted by Gasteiger charge is 2.12. The zero-order chi connectivity index (χ0) is 13.1. The molecule has 1 unspecified atom stereocenters. The molecule has 1 aromatic carbocycles. The lowest BCUT2D eigenvalue weighted by atomic mass is 10.0. The van der Waals surface area contributed by atoms with Gasteiger partial charge in [0, 0.05) is 5.39 Å². The molecule has 0 spiro atoms. The van der Waals surface area contributed by atoms with Crippen molar-refractivity contribution < 1.29 is 0 Å². The number of para-hydroxylation sites is 1. The highest BCUT2D eigenvalue weighted by molar-refractivity contribution is 7.07. The monoisotopic (exact) mass is 269 g/mol. The van der Waals surface area contributed by atoms with Crippen LogP contribution in [0.4, 0.5) is 0 Å². The Morgan fingerprint density at radius 1 is 1.16 bits per heavy atom. The Morgan fingerprint density at radius 2 is 2.05 bits per heavy atom. The molecule has 3 rings (SSSR count). The third-order valence-corrected chi connectivity index (χ3v) is 3.93. The van der Waals surface area contributed by atoms with E-state index >= 15 is 0 Å². The Hall–Kier alpha value is -1.75. The first-order valence-electron chi connectivity index (χ1n) is 6.20. The number of nitrogens with zero attached hydrogens (tertiary/aromatic N) is 1. The minimum atomic E-state index is 0.0409. The van der Waals surface area contributed by atoms with Crippen molar-refractivity contribution in [3.63, 3.8) is 0 Å². The summed E-state index contributed by atoms with van der Waals surface area (Å²) >= 11 is 1.70. The molecule has 3 aromatic rings. The predicted molar refractivity (Wildman–Crippen MR) is 79.8 cm³/mol. The van der Waals surface area contributed by atoms with Gasteiger partial charge in [0.2, 0.25) is 0 Å². The Balaban J connectivity index is 1.92. The van der Waals surface area contributed by atoms with Crippen molar-refractivity contribution in [2.75, 3.05) is 0 Å². The van der Waals surface area contributed by atoms with E-state index in [0.29, 0.717) is 0 Å². The maximum absolute atomic E-state index is 5.68. The number of nitrogens with two attached hydrogens (primary N) is 1. The van der Waals surface area contributed by atoms with Gasteiger partial charge in [-0.3, -0.25) is 16.3 Å². The number of hydrogen-bond donors (Lipinski definition) is 2. The summed E-state index contributed by atoms with van der Waals surface area (Å²) in [6, 6.07) is 14.4. The number of benzene rings is 1. The molecule has 2 heterocycles. The molecular formula is C15H15N3S. The van der Waals surface area contributed by atoms with Crippen LogP contribution >= 0.6 is 11.3 Å². The Bertz CT molecular complexity index is 664. The molecule has 2 aromatic heterocycles. The van der Waals surface area contributed by atoms with E-state index in [1.54, 1.807) is 11.3 Å². The summed E-state index contributed by atoms with van der Waals surface area (Å²) < 4.78 is 0. The van der Waals surface area contributed by atoms with Gasteiger partial charge in [-0.15, -0.1) is 0 Å². The quantitative estimate of drug-likeness (QED) is 0.565. The highest BCUT2D eigenvalue weighted by atomic mass is 32.1. The van der Waals surface area contributed by atoms with Crippen LogP contribution in [-0.2, 0) is 6.42 Å². The molecule has 0 radical (unpaired) electrons. The predicted octanol–water partition coefficient (Wildman–Crippen LogP) is 3.04. The zero-order valence-electron chi connectivity index (χ0n) is 10.4. The molecule has 3 N–H and O–H groups in total. The van der Waals surface area contributed by atoms with Gasteiger partial charge in [-0.05, 0) is 40.9 Å². The van der Waals surface area contributed by atoms with Gasteiger partial charge >= 0.3 is 0 Å². The van der Waals surface area contributed by atoms with Crippen molar-refractivity contribution in [3.8, 4) is 0 Å². The Labute approximate surface area is 116 Å². The first-order chi connectivity index (χ1) is 9.36. The molecule has 0 aliphatic carbocycles. The molecule has 0 saturated carbocycles. The SMILES string of the molecule is NNC(Cc1ccsc1)c1ccc2ccccc2n1. The second kappa shape index (κ2) is 5.48. The minimum absolute atomic E-state index is 0.0409. The summed E-state index contributed by atoms with van der Waals surface area (Å²) in [5.74, 6) is 5.68. The Kier molecular flexibility index (Phi) is 3.55. The van der Waals surface area contributed by atoms with Gasteiger partial charge in [0.1, 0.15) is 0 Å². The third-order valence-electron chi connectivity index (χ3n) is 3.20. The lowest BCUT2D eigenvalue weighted by Crippen LogP contribution is -2.30. The van der Waals surface area contributed by atoms with Gasteiger partial charge < -0.3 is 0 Å². The molecule has 0 aliphatic heterocycles. The van der Waals surface area contributed by atoms with Crippen LogP contribution in [0.1, 0.15) is 17.3 Å². The number of hydrazine groups is 1. The van der Waals surface area contributed by atoms with Crippen LogP contribution in [0.15, 0.2) is 53.2 Å². The maximum atomic E-state index is 5.68. The standard InChI is InChI=1S/C15H15N3S/c16-18-15(9-11-7-8-19-10-11)14-6-5-12-3-1-2-4-13(12)17-14/h1-8,10,15,18H,9,16H2. The summed E-state index contributed by atoms with van der Waals surface area (Å²) in [6.45, 7) is 0. The maximum Gasteiger partial charge on any atom is 0.0706 e. The normalized spacial score (nSPS) is 12.7. The molecule has 1 atom stereocenters. The third kappa shape index (κ3) is 2.66. The molecule has 0 aliphatic rings. The molecule has 0 bridgehead atoms. The van der Waals surface area contributed by atoms with Crippen molar-refractivity contribution in [1.82, 2.24) is 10.4 Å². The highest BCUT2D eigenvalue weighted by Crippen LogP contribution is 2.20. The van der Waals surface area contributed by atoms with Crippen molar-refractivity contribution in [1.29, 1.82) is 0 Å². The second-order valence-electron chi connectivity index (χ2n) is 4.48. The van der Waals surface area contributed by atoms with Gasteiger partial charge in [0.15, 0.2) is 0 Å². The van der Waals surface area contributed by atoms with E-state index < -0.39 is 0 Å². The molecule has 19 heavy (non-hydrogen) atoms. The van der Waals surface area contributed by atoms with Crippen LogP contribution in [0.25, 0.3) is 10.9 Å². The largest absolute Gasteiger partial charge is 0.271 e. The smallest absolute Gasteiger partial charge is 0.0706 e. The van der Waals surface area contributed by atoms with E-state index in [4.69, 9.17) is 5.84 Å². The van der Waals surface area contributed by atoms with E-state index in [-0.39, 0.29) is 6.04 Å². The topological polar surface area (TPSA) is 50.9 Å². The molecule has 0 amide bonds. The van der Waals surface area contributed by atoms with Gasteiger partial charge in [0.05, 0.1) is 17.3 Å². The fraction of sp³-hybridized carbons (Fsp3) is 0.133. The average Bonchev–Trinajstić information content (AvgIpc) is 2.97. The second-order valence-corrected chi connectivity index (χ2v) is 5.26. The summed E-state index contributed by atoms with van der Waals surface area (Å²) in [7, 11) is 0. The number of aromatic nitrogens is 1. The van der Waals surface area contributed by atoms with Gasteiger partial charge in [0.25, 0.3) is 0 Å². The number of hydrogen-bond acceptors (Lipinski definition) is 4. The summed E-state index contributed by atoms with van der Waals surface area (Å²) in [5, 5.41) is 5.37. The molecule has 96 valence electrons. The number of thiophene rings is 1. The number of nitrogens with one attached hydrogen (secondary N) is 1. The average molecular weight is 269 g/mol. The van der Waals surface area contributed by atoms with E-state index in [2.05, 4.69) is 39.4 Å². The van der Waals surface area contributed by atoms with Crippen LogP contribution in [-0.4, -0.2) is 4.98 Å². The van der Waals surface area contributed by atoms with E-state index in [1.165, 1.54) is 5.56 Å². The summed E-state index contributed by atoms with van der Waals surface area (Å²) in [6.07, 6.45) is 0.853. The van der Waals surface area contributed by atoms with E-state index in [9.17, 15) is 0 Å². The van der Waals surface area contributed by atoms with Crippen molar-refractivity contribution in [3.05, 3.63) is 64.5 Å². The molecule has 4 heteroatoms. The summed E-state index contributed by atoms with van der Waals surface area (Å²) in [4.78, 5) is 4.69. The van der Waals surface area contributed by atoms with Gasteiger partial charge in [-0.2, -0.15) is 11.3 Å². The Morgan fingerprint density at radius 3 is 2.84 bits per heavy atom. The number of fused-ring (bicyclic) bond motifs is 1. The fourth-order valence-corrected chi connectivity index (χ4v) is 2.85. The van der Waals surface area contributed by atoms with Crippen molar-refractivity contribution in [2.24, 2.45) is 5.84 Å². The van der Waals surface area contributed by atoms with Gasteiger partial charge in [-0.25, -0.2) is 0 Å². The van der Waals surface area contributed by atoms with Crippen molar-refractivity contribution in [2.45, 2.75) is 12.5 Å². The number of pyridine rings is 1. The lowest BCUT2D eigenvalue weighted by molar-refractivity contribution is 0.540. The molecular weight excluding hydrogens is 254 g/mol. The lowest BCUT2D eigenvalue weighted by Gasteiger charge is -2.15. The van der Waals surface area contributed by atoms with E-state index in [0.717, 1.165) is 23.0 Å². The van der Waals surface area contributed by atoms with Crippen LogP contribution in [0.5, 0.6) is 0 Å². The summed E-state index contributed by atoms with van der Waals surface area (Å²) in [5.41, 5.74) is 6.13. The van der Waals surface area contributed by atoms with E-state index in [1.807, 2.05) is 24.3 Å². The minimum Gasteiger partial charge on any atom is -0.271 e. The molecule has 0 saturated heterocycles. The van der Waals surface area contributed by atoms with Gasteiger partial charge in [-0.1, -0.05) is 24.3 Å².